The van der Waals surface area contributed by atoms with Crippen LogP contribution in [0.1, 0.15) is 92.2 Å². The maximum atomic E-state index is 12.6. The molecule has 312 valence electrons. The van der Waals surface area contributed by atoms with Crippen LogP contribution in [0.3, 0.4) is 0 Å². The van der Waals surface area contributed by atoms with Gasteiger partial charge in [-0.3, -0.25) is 0 Å². The van der Waals surface area contributed by atoms with Crippen molar-refractivity contribution >= 4 is 47.3 Å². The minimum absolute atomic E-state index is 0. The fourth-order valence-electron chi connectivity index (χ4n) is 7.08. The van der Waals surface area contributed by atoms with Gasteiger partial charge in [-0.25, -0.2) is 32.3 Å². The van der Waals surface area contributed by atoms with Crippen LogP contribution in [0.5, 0.6) is 0 Å². The first-order chi connectivity index (χ1) is 26.3. The van der Waals surface area contributed by atoms with Crippen molar-refractivity contribution in [2.75, 3.05) is 39.4 Å². The molecule has 13 nitrogen and oxygen atoms in total. The number of rotatable bonds is 8. The molecule has 1 N–H and O–H groups in total. The maximum Gasteiger partial charge on any atom is 1.00 e. The molecule has 2 aliphatic heterocycles. The summed E-state index contributed by atoms with van der Waals surface area (Å²) in [6, 6.07) is 12.5. The number of ether oxygens (including phenoxy) is 4. The van der Waals surface area contributed by atoms with Crippen molar-refractivity contribution in [1.82, 2.24) is 9.80 Å². The molecule has 0 aromatic heterocycles. The first-order valence-electron chi connectivity index (χ1n) is 18.8. The molecule has 2 amide bonds. The predicted octanol–water partition coefficient (Wildman–Crippen LogP) is 5.75. The van der Waals surface area contributed by atoms with Crippen LogP contribution in [0.25, 0.3) is 9.69 Å². The van der Waals surface area contributed by atoms with Crippen LogP contribution in [0.2, 0.25) is 10.0 Å². The zero-order valence-electron chi connectivity index (χ0n) is 35.1. The average Bonchev–Trinajstić information content (AvgIpc) is 3.12. The molecule has 0 aliphatic carbocycles. The Morgan fingerprint density at radius 3 is 1.14 bits per heavy atom. The van der Waals surface area contributed by atoms with Gasteiger partial charge < -0.3 is 43.9 Å². The maximum absolute atomic E-state index is 12.6. The van der Waals surface area contributed by atoms with Crippen molar-refractivity contribution in [2.24, 2.45) is 0 Å². The number of nitrogens with zero attached hydrogens (tertiary/aromatic N) is 4. The Morgan fingerprint density at radius 1 is 0.638 bits per heavy atom. The summed E-state index contributed by atoms with van der Waals surface area (Å²) in [5.74, 6) is -1.06. The second-order valence-corrected chi connectivity index (χ2v) is 16.7. The quantitative estimate of drug-likeness (QED) is 0.140. The monoisotopic (exact) mass is 868 g/mol. The SMILES string of the molecule is [C-]#[N+]C(C(=O)OCC)C1(c2ccc(Cl)cc2)CCN(C(=O)OC(C)(C)C)CC1.[C-]#[N+]C(C(=O)OCC)C1(c2ccc(Cl)cc2)CCN(C(=O)OC(C)(C)C)CC1.[K+].[OH-]. The second kappa shape index (κ2) is 23.2. The Kier molecular flexibility index (Phi) is 21.2. The van der Waals surface area contributed by atoms with Gasteiger partial charge in [-0.1, -0.05) is 47.5 Å². The van der Waals surface area contributed by atoms with Gasteiger partial charge in [-0.2, -0.15) is 0 Å². The Bertz CT molecular complexity index is 1620. The zero-order chi connectivity index (χ0) is 41.9. The van der Waals surface area contributed by atoms with Gasteiger partial charge in [0.25, 0.3) is 0 Å². The molecule has 4 rings (SSSR count). The summed E-state index contributed by atoms with van der Waals surface area (Å²) < 4.78 is 21.3. The largest absolute Gasteiger partial charge is 1.00 e. The van der Waals surface area contributed by atoms with E-state index < -0.39 is 46.1 Å². The van der Waals surface area contributed by atoms with Crippen LogP contribution in [0.4, 0.5) is 9.59 Å². The molecule has 2 atom stereocenters. The number of carbonyl (C=O) groups is 4. The molecule has 2 unspecified atom stereocenters. The first-order valence-corrected chi connectivity index (χ1v) is 19.6. The molecule has 2 aromatic rings. The van der Waals surface area contributed by atoms with Crippen LogP contribution < -0.4 is 51.4 Å². The summed E-state index contributed by atoms with van der Waals surface area (Å²) in [7, 11) is 0. The van der Waals surface area contributed by atoms with Gasteiger partial charge in [0, 0.05) is 36.2 Å². The second-order valence-electron chi connectivity index (χ2n) is 15.8. The van der Waals surface area contributed by atoms with Crippen molar-refractivity contribution in [3.8, 4) is 0 Å². The fourth-order valence-corrected chi connectivity index (χ4v) is 7.33. The third-order valence-corrected chi connectivity index (χ3v) is 10.3. The third kappa shape index (κ3) is 14.1. The third-order valence-electron chi connectivity index (χ3n) is 9.78. The number of benzene rings is 2. The molecule has 0 spiro atoms. The number of hydrogen-bond acceptors (Lipinski definition) is 9. The van der Waals surface area contributed by atoms with Gasteiger partial charge in [0.1, 0.15) is 11.2 Å². The van der Waals surface area contributed by atoms with E-state index in [0.717, 1.165) is 11.1 Å². The number of piperidine rings is 2. The van der Waals surface area contributed by atoms with E-state index >= 15 is 0 Å². The fraction of sp³-hybridized carbons (Fsp3) is 0.571. The molecule has 2 fully saturated rings. The van der Waals surface area contributed by atoms with Crippen molar-refractivity contribution in [1.29, 1.82) is 0 Å². The van der Waals surface area contributed by atoms with Crippen LogP contribution in [0.15, 0.2) is 48.5 Å². The van der Waals surface area contributed by atoms with E-state index in [1.54, 1.807) is 47.9 Å². The average molecular weight is 870 g/mol. The Labute approximate surface area is 395 Å². The van der Waals surface area contributed by atoms with Crippen molar-refractivity contribution < 1.29 is 95.0 Å². The standard InChI is InChI=1S/2C21H27ClN2O4.K.H2O/c2*1-6-27-18(25)17(23-5)21(15-7-9-16(22)10-8-15)11-13-24(14-12-21)19(26)28-20(2,3)4;;/h2*7-10,17H,6,11-14H2,1-4H3;;1H2/q;;+1;/p-1. The molecule has 2 aliphatic rings. The minimum Gasteiger partial charge on any atom is -0.870 e. The van der Waals surface area contributed by atoms with Crippen LogP contribution >= 0.6 is 23.2 Å². The number of halogens is 2. The summed E-state index contributed by atoms with van der Waals surface area (Å²) in [5, 5.41) is 1.17. The van der Waals surface area contributed by atoms with Crippen LogP contribution in [-0.2, 0) is 39.4 Å². The molecular weight excluding hydrogens is 814 g/mol. The van der Waals surface area contributed by atoms with E-state index in [0.29, 0.717) is 61.9 Å². The zero-order valence-corrected chi connectivity index (χ0v) is 39.7. The van der Waals surface area contributed by atoms with E-state index in [9.17, 15) is 19.2 Å². The summed E-state index contributed by atoms with van der Waals surface area (Å²) in [4.78, 5) is 60.5. The Morgan fingerprint density at radius 2 is 0.914 bits per heavy atom. The first kappa shape index (κ1) is 53.1. The van der Waals surface area contributed by atoms with Crippen LogP contribution in [-0.4, -0.2) is 102 Å². The molecule has 2 aromatic carbocycles. The molecule has 0 bridgehead atoms. The Hall–Kier alpha value is -2.92. The number of likely N-dealkylation sites (tertiary alicyclic amines) is 2. The van der Waals surface area contributed by atoms with E-state index in [2.05, 4.69) is 9.69 Å². The number of carbonyl (C=O) groups excluding carboxylic acids is 4. The van der Waals surface area contributed by atoms with Crippen molar-refractivity contribution in [3.63, 3.8) is 0 Å². The van der Waals surface area contributed by atoms with E-state index in [1.165, 1.54) is 0 Å². The summed E-state index contributed by atoms with van der Waals surface area (Å²) in [6.45, 7) is 31.7. The van der Waals surface area contributed by atoms with Gasteiger partial charge in [-0.15, -0.1) is 0 Å². The molecule has 58 heavy (non-hydrogen) atoms. The minimum atomic E-state index is -0.977. The molecule has 2 heterocycles. The molecular formula is C42H55Cl2KN4O9. The van der Waals surface area contributed by atoms with Gasteiger partial charge in [0.15, 0.2) is 0 Å². The van der Waals surface area contributed by atoms with Gasteiger partial charge in [-0.05, 0) is 116 Å². The summed E-state index contributed by atoms with van der Waals surface area (Å²) in [5.41, 5.74) is -0.921. The normalized spacial score (nSPS) is 16.8. The molecule has 0 radical (unpaired) electrons. The number of hydrogen-bond donors (Lipinski definition) is 0. The van der Waals surface area contributed by atoms with Crippen molar-refractivity contribution in [2.45, 2.75) is 115 Å². The number of amides is 2. The van der Waals surface area contributed by atoms with Gasteiger partial charge in [0.05, 0.1) is 24.0 Å². The number of esters is 2. The molecule has 2 saturated heterocycles. The van der Waals surface area contributed by atoms with E-state index in [4.69, 9.17) is 55.3 Å². The predicted molar refractivity (Wildman–Crippen MR) is 216 cm³/mol. The molecule has 16 heteroatoms. The van der Waals surface area contributed by atoms with Gasteiger partial charge >= 0.3 is 87.6 Å². The smallest absolute Gasteiger partial charge is 0.870 e. The van der Waals surface area contributed by atoms with Crippen LogP contribution in [0, 0.1) is 13.1 Å². The molecule has 0 saturated carbocycles. The van der Waals surface area contributed by atoms with Gasteiger partial charge in [0.2, 0.25) is 0 Å². The summed E-state index contributed by atoms with van der Waals surface area (Å²) in [6.07, 6.45) is 1.07. The van der Waals surface area contributed by atoms with E-state index in [1.807, 2.05) is 65.8 Å². The van der Waals surface area contributed by atoms with E-state index in [-0.39, 0.29) is 82.3 Å². The topological polar surface area (TPSA) is 150 Å². The Balaban J connectivity index is 0.000000561. The van der Waals surface area contributed by atoms with Crippen molar-refractivity contribution in [3.05, 3.63) is 92.5 Å². The summed E-state index contributed by atoms with van der Waals surface area (Å²) >= 11 is 12.1.